The average Bonchev–Trinajstić information content (AvgIpc) is 2.95. The molecule has 0 aliphatic rings. The molecule has 0 aliphatic heterocycles. The number of esters is 1. The number of imide groups is 1. The number of hydrogen-bond acceptors (Lipinski definition) is 6. The van der Waals surface area contributed by atoms with Gasteiger partial charge in [-0.1, -0.05) is 24.2 Å². The van der Waals surface area contributed by atoms with Crippen LogP contribution in [0.2, 0.25) is 0 Å². The van der Waals surface area contributed by atoms with Gasteiger partial charge >= 0.3 is 12.0 Å². The van der Waals surface area contributed by atoms with Gasteiger partial charge in [0.1, 0.15) is 17.1 Å². The van der Waals surface area contributed by atoms with E-state index in [9.17, 15) is 18.8 Å². The van der Waals surface area contributed by atoms with Crippen LogP contribution >= 0.6 is 0 Å². The first kappa shape index (κ1) is 18.1. The number of anilines is 1. The Morgan fingerprint density at radius 3 is 2.68 bits per heavy atom. The third-order valence-electron chi connectivity index (χ3n) is 3.18. The molecule has 0 atom stereocenters. The van der Waals surface area contributed by atoms with Crippen LogP contribution in [0.15, 0.2) is 28.8 Å². The number of nitrogens with one attached hydrogen (secondary N) is 2. The van der Waals surface area contributed by atoms with Crippen LogP contribution in [0, 0.1) is 12.7 Å². The van der Waals surface area contributed by atoms with Gasteiger partial charge < -0.3 is 14.6 Å². The van der Waals surface area contributed by atoms with Crippen LogP contribution in [-0.2, 0) is 16.0 Å². The van der Waals surface area contributed by atoms with E-state index in [1.165, 1.54) is 18.2 Å². The normalized spacial score (nSPS) is 10.2. The second-order valence-corrected chi connectivity index (χ2v) is 4.97. The third-order valence-corrected chi connectivity index (χ3v) is 3.18. The first-order valence-electron chi connectivity index (χ1n) is 7.40. The van der Waals surface area contributed by atoms with E-state index >= 15 is 0 Å². The molecule has 8 nitrogen and oxygen atoms in total. The van der Waals surface area contributed by atoms with Crippen molar-refractivity contribution < 1.29 is 28.0 Å². The zero-order chi connectivity index (χ0) is 18.4. The zero-order valence-electron chi connectivity index (χ0n) is 13.6. The highest BCUT2D eigenvalue weighted by atomic mass is 19.1. The number of urea groups is 1. The summed E-state index contributed by atoms with van der Waals surface area (Å²) in [6.45, 7) is 2.65. The van der Waals surface area contributed by atoms with Crippen LogP contribution in [0.1, 0.15) is 28.7 Å². The molecule has 25 heavy (non-hydrogen) atoms. The van der Waals surface area contributed by atoms with Crippen molar-refractivity contribution in [1.29, 1.82) is 0 Å². The summed E-state index contributed by atoms with van der Waals surface area (Å²) in [6, 6.07) is 4.53. The van der Waals surface area contributed by atoms with E-state index in [0.29, 0.717) is 12.1 Å². The molecule has 9 heteroatoms. The van der Waals surface area contributed by atoms with E-state index in [-0.39, 0.29) is 17.0 Å². The van der Waals surface area contributed by atoms with Gasteiger partial charge in [0.2, 0.25) is 0 Å². The fraction of sp³-hybridized carbons (Fsp3) is 0.250. The number of aromatic nitrogens is 1. The number of ether oxygens (including phenoxy) is 1. The van der Waals surface area contributed by atoms with Crippen LogP contribution < -0.4 is 10.6 Å². The number of aryl methyl sites for hydroxylation is 2. The van der Waals surface area contributed by atoms with E-state index < -0.39 is 30.3 Å². The van der Waals surface area contributed by atoms with Crippen LogP contribution in [0.4, 0.5) is 14.9 Å². The maximum absolute atomic E-state index is 13.4. The van der Waals surface area contributed by atoms with Crippen molar-refractivity contribution >= 4 is 23.6 Å². The lowest BCUT2D eigenvalue weighted by Gasteiger charge is -2.08. The second-order valence-electron chi connectivity index (χ2n) is 4.97. The summed E-state index contributed by atoms with van der Waals surface area (Å²) in [5.41, 5.74) is 0.490. The Morgan fingerprint density at radius 1 is 1.28 bits per heavy atom. The summed E-state index contributed by atoms with van der Waals surface area (Å²) >= 11 is 0. The molecule has 0 radical (unpaired) electrons. The highest BCUT2D eigenvalue weighted by molar-refractivity contribution is 6.02. The van der Waals surface area contributed by atoms with Gasteiger partial charge in [0.15, 0.2) is 6.61 Å². The molecule has 132 valence electrons. The Balaban J connectivity index is 1.86. The van der Waals surface area contributed by atoms with Crippen LogP contribution in [0.5, 0.6) is 0 Å². The number of nitrogens with zero attached hydrogens (tertiary/aromatic N) is 1. The summed E-state index contributed by atoms with van der Waals surface area (Å²) in [7, 11) is 0. The summed E-state index contributed by atoms with van der Waals surface area (Å²) in [5, 5.41) is 7.81. The number of rotatable bonds is 5. The van der Waals surface area contributed by atoms with Crippen molar-refractivity contribution in [3.63, 3.8) is 0 Å². The third kappa shape index (κ3) is 4.63. The largest absolute Gasteiger partial charge is 0.452 e. The maximum Gasteiger partial charge on any atom is 0.344 e. The van der Waals surface area contributed by atoms with Gasteiger partial charge in [-0.3, -0.25) is 10.1 Å². The van der Waals surface area contributed by atoms with Crippen molar-refractivity contribution in [2.75, 3.05) is 11.9 Å². The molecule has 0 fully saturated rings. The lowest BCUT2D eigenvalue weighted by Crippen LogP contribution is -2.37. The van der Waals surface area contributed by atoms with Gasteiger partial charge in [-0.25, -0.2) is 14.0 Å². The molecule has 1 aromatic heterocycles. The molecule has 0 spiro atoms. The molecule has 2 rings (SSSR count). The summed E-state index contributed by atoms with van der Waals surface area (Å²) in [5.74, 6) is -2.01. The lowest BCUT2D eigenvalue weighted by atomic mass is 10.1. The molecular formula is C16H16FN3O5. The Morgan fingerprint density at radius 2 is 2.00 bits per heavy atom. The van der Waals surface area contributed by atoms with E-state index in [1.807, 2.05) is 5.32 Å². The predicted molar refractivity (Wildman–Crippen MR) is 84.5 cm³/mol. The minimum absolute atomic E-state index is 0.0857. The molecule has 1 heterocycles. The molecule has 2 N–H and O–H groups in total. The summed E-state index contributed by atoms with van der Waals surface area (Å²) < 4.78 is 23.1. The topological polar surface area (TPSA) is 111 Å². The van der Waals surface area contributed by atoms with E-state index in [0.717, 1.165) is 6.07 Å². The van der Waals surface area contributed by atoms with Crippen molar-refractivity contribution in [2.45, 2.75) is 20.3 Å². The molecule has 0 saturated carbocycles. The minimum atomic E-state index is -0.943. The molecular weight excluding hydrogens is 333 g/mol. The van der Waals surface area contributed by atoms with Gasteiger partial charge in [0, 0.05) is 0 Å². The van der Waals surface area contributed by atoms with Crippen molar-refractivity contribution in [2.24, 2.45) is 0 Å². The van der Waals surface area contributed by atoms with Gasteiger partial charge in [0.25, 0.3) is 5.91 Å². The van der Waals surface area contributed by atoms with Crippen molar-refractivity contribution in [1.82, 2.24) is 10.5 Å². The molecule has 0 bridgehead atoms. The molecule has 3 amide bonds. The smallest absolute Gasteiger partial charge is 0.344 e. The van der Waals surface area contributed by atoms with Gasteiger partial charge in [-0.15, -0.1) is 0 Å². The van der Waals surface area contributed by atoms with Gasteiger partial charge in [0.05, 0.1) is 11.4 Å². The molecule has 2 aromatic rings. The lowest BCUT2D eigenvalue weighted by molar-refractivity contribution is -0.123. The first-order chi connectivity index (χ1) is 11.9. The predicted octanol–water partition coefficient (Wildman–Crippen LogP) is 2.19. The van der Waals surface area contributed by atoms with Crippen molar-refractivity contribution in [3.05, 3.63) is 47.1 Å². The highest BCUT2D eigenvalue weighted by Crippen LogP contribution is 2.15. The summed E-state index contributed by atoms with van der Waals surface area (Å²) in [6.07, 6.45) is 0.457. The van der Waals surface area contributed by atoms with E-state index in [4.69, 9.17) is 9.26 Å². The van der Waals surface area contributed by atoms with E-state index in [2.05, 4.69) is 10.5 Å². The molecule has 0 saturated heterocycles. The van der Waals surface area contributed by atoms with Gasteiger partial charge in [-0.2, -0.15) is 0 Å². The first-order valence-corrected chi connectivity index (χ1v) is 7.40. The number of amides is 3. The highest BCUT2D eigenvalue weighted by Gasteiger charge is 2.21. The molecule has 1 aromatic carbocycles. The number of benzene rings is 1. The van der Waals surface area contributed by atoms with Gasteiger partial charge in [-0.05, 0) is 25.5 Å². The Labute approximate surface area is 142 Å². The number of hydrogen-bond donors (Lipinski definition) is 2. The maximum atomic E-state index is 13.4. The van der Waals surface area contributed by atoms with Crippen LogP contribution in [-0.4, -0.2) is 29.7 Å². The Hall–Kier alpha value is -3.23. The quantitative estimate of drug-likeness (QED) is 0.801. The average molecular weight is 349 g/mol. The second kappa shape index (κ2) is 8.04. The minimum Gasteiger partial charge on any atom is -0.452 e. The number of carbonyl (C=O) groups excluding carboxylic acids is 3. The number of carbonyl (C=O) groups is 3. The SMILES string of the molecule is CCc1noc(C)c1C(=O)OCC(=O)NC(=O)Nc1ccccc1F. The van der Waals surface area contributed by atoms with Crippen LogP contribution in [0.3, 0.4) is 0 Å². The Kier molecular flexibility index (Phi) is 5.83. The standard InChI is InChI=1S/C16H16FN3O5/c1-3-11-14(9(2)25-20-11)15(22)24-8-13(21)19-16(23)18-12-7-5-4-6-10(12)17/h4-7H,3,8H2,1-2H3,(H2,18,19,21,23). The fourth-order valence-electron chi connectivity index (χ4n) is 2.00. The van der Waals surface area contributed by atoms with E-state index in [1.54, 1.807) is 13.8 Å². The number of para-hydroxylation sites is 1. The Bertz CT molecular complexity index is 803. The molecule has 0 unspecified atom stereocenters. The van der Waals surface area contributed by atoms with Crippen LogP contribution in [0.25, 0.3) is 0 Å². The summed E-state index contributed by atoms with van der Waals surface area (Å²) in [4.78, 5) is 35.3. The van der Waals surface area contributed by atoms with Crippen molar-refractivity contribution in [3.8, 4) is 0 Å². The number of halogens is 1. The zero-order valence-corrected chi connectivity index (χ0v) is 13.6. The fourth-order valence-corrected chi connectivity index (χ4v) is 2.00. The monoisotopic (exact) mass is 349 g/mol. The molecule has 0 aliphatic carbocycles.